The monoisotopic (exact) mass is 288 g/mol. The zero-order valence-corrected chi connectivity index (χ0v) is 12.1. The zero-order chi connectivity index (χ0) is 15.2. The van der Waals surface area contributed by atoms with E-state index in [0.717, 1.165) is 19.3 Å². The summed E-state index contributed by atoms with van der Waals surface area (Å²) >= 11 is 0. The maximum atomic E-state index is 11.8. The number of carbonyl (C=O) groups excluding carboxylic acids is 1. The third-order valence-corrected chi connectivity index (χ3v) is 3.68. The molecule has 0 radical (unpaired) electrons. The van der Waals surface area contributed by atoms with Gasteiger partial charge in [-0.1, -0.05) is 17.7 Å². The van der Waals surface area contributed by atoms with Gasteiger partial charge in [-0.2, -0.15) is 0 Å². The van der Waals surface area contributed by atoms with E-state index in [9.17, 15) is 9.59 Å². The summed E-state index contributed by atoms with van der Waals surface area (Å²) in [6.45, 7) is 2.28. The molecule has 0 unspecified atom stereocenters. The van der Waals surface area contributed by atoms with E-state index in [2.05, 4.69) is 16.7 Å². The van der Waals surface area contributed by atoms with E-state index in [1.807, 2.05) is 0 Å². The van der Waals surface area contributed by atoms with Gasteiger partial charge in [0.2, 0.25) is 0 Å². The molecule has 0 fully saturated rings. The largest absolute Gasteiger partial charge is 0.478 e. The topological polar surface area (TPSA) is 78.4 Å². The molecule has 0 saturated heterocycles. The van der Waals surface area contributed by atoms with Gasteiger partial charge < -0.3 is 15.7 Å². The lowest BCUT2D eigenvalue weighted by molar-refractivity contribution is 0.0696. The summed E-state index contributed by atoms with van der Waals surface area (Å²) < 4.78 is 0. The van der Waals surface area contributed by atoms with Crippen LogP contribution in [0.3, 0.4) is 0 Å². The van der Waals surface area contributed by atoms with Gasteiger partial charge in [0.15, 0.2) is 0 Å². The number of carboxylic acid groups (broad SMARTS) is 1. The molecular formula is C16H20N2O3. The van der Waals surface area contributed by atoms with Crippen molar-refractivity contribution in [1.29, 1.82) is 0 Å². The number of nitrogens with one attached hydrogen (secondary N) is 2. The molecular weight excluding hydrogens is 268 g/mol. The molecule has 0 aliphatic heterocycles. The van der Waals surface area contributed by atoms with Crippen molar-refractivity contribution in [2.75, 3.05) is 11.9 Å². The van der Waals surface area contributed by atoms with E-state index in [1.165, 1.54) is 18.1 Å². The van der Waals surface area contributed by atoms with Crippen molar-refractivity contribution in [3.8, 4) is 0 Å². The first-order chi connectivity index (χ1) is 10.1. The van der Waals surface area contributed by atoms with Crippen molar-refractivity contribution in [3.05, 3.63) is 41.0 Å². The summed E-state index contributed by atoms with van der Waals surface area (Å²) in [5, 5.41) is 14.5. The molecule has 112 valence electrons. The fraction of sp³-hybridized carbons (Fsp3) is 0.375. The Labute approximate surface area is 124 Å². The maximum absolute atomic E-state index is 11.8. The summed E-state index contributed by atoms with van der Waals surface area (Å²) in [7, 11) is 0. The van der Waals surface area contributed by atoms with E-state index in [1.54, 1.807) is 19.1 Å². The molecule has 1 aliphatic carbocycles. The summed E-state index contributed by atoms with van der Waals surface area (Å²) in [6, 6.07) is 4.53. The SMILES string of the molecule is Cc1c(NC(=O)NCCC2=CCCC2)cccc1C(=O)O. The van der Waals surface area contributed by atoms with Crippen LogP contribution in [0.2, 0.25) is 0 Å². The van der Waals surface area contributed by atoms with E-state index in [0.29, 0.717) is 17.8 Å². The number of rotatable bonds is 5. The first-order valence-electron chi connectivity index (χ1n) is 7.13. The Morgan fingerprint density at radius 2 is 2.14 bits per heavy atom. The Morgan fingerprint density at radius 1 is 1.33 bits per heavy atom. The lowest BCUT2D eigenvalue weighted by atomic mass is 10.1. The molecule has 1 aromatic carbocycles. The number of carboxylic acids is 1. The van der Waals surface area contributed by atoms with Crippen molar-refractivity contribution in [1.82, 2.24) is 5.32 Å². The van der Waals surface area contributed by atoms with Crippen LogP contribution in [0.25, 0.3) is 0 Å². The number of urea groups is 1. The van der Waals surface area contributed by atoms with Crippen molar-refractivity contribution < 1.29 is 14.7 Å². The quantitative estimate of drug-likeness (QED) is 0.727. The Balaban J connectivity index is 1.87. The number of allylic oxidation sites excluding steroid dienone is 1. The minimum absolute atomic E-state index is 0.198. The highest BCUT2D eigenvalue weighted by Crippen LogP contribution is 2.20. The number of carbonyl (C=O) groups is 2. The third kappa shape index (κ3) is 4.08. The molecule has 2 rings (SSSR count). The van der Waals surface area contributed by atoms with Gasteiger partial charge in [0.05, 0.1) is 5.56 Å². The highest BCUT2D eigenvalue weighted by Gasteiger charge is 2.12. The van der Waals surface area contributed by atoms with Gasteiger partial charge in [-0.25, -0.2) is 9.59 Å². The number of aromatic carboxylic acids is 1. The first-order valence-corrected chi connectivity index (χ1v) is 7.13. The predicted molar refractivity (Wildman–Crippen MR) is 81.7 cm³/mol. The fourth-order valence-electron chi connectivity index (χ4n) is 2.47. The third-order valence-electron chi connectivity index (χ3n) is 3.68. The van der Waals surface area contributed by atoms with Crippen molar-refractivity contribution in [2.24, 2.45) is 0 Å². The van der Waals surface area contributed by atoms with E-state index in [4.69, 9.17) is 5.11 Å². The van der Waals surface area contributed by atoms with E-state index >= 15 is 0 Å². The molecule has 5 heteroatoms. The van der Waals surface area contributed by atoms with Crippen molar-refractivity contribution in [3.63, 3.8) is 0 Å². The molecule has 3 N–H and O–H groups in total. The summed E-state index contributed by atoms with van der Waals surface area (Å²) in [5.74, 6) is -0.996. The number of amides is 2. The zero-order valence-electron chi connectivity index (χ0n) is 12.1. The fourth-order valence-corrected chi connectivity index (χ4v) is 2.47. The predicted octanol–water partition coefficient (Wildman–Crippen LogP) is 3.32. The molecule has 5 nitrogen and oxygen atoms in total. The van der Waals surface area contributed by atoms with Gasteiger partial charge in [-0.05, 0) is 50.3 Å². The van der Waals surface area contributed by atoms with E-state index in [-0.39, 0.29) is 11.6 Å². The van der Waals surface area contributed by atoms with Crippen molar-refractivity contribution >= 4 is 17.7 Å². The molecule has 0 bridgehead atoms. The highest BCUT2D eigenvalue weighted by molar-refractivity contribution is 5.95. The van der Waals surface area contributed by atoms with Crippen LogP contribution in [-0.4, -0.2) is 23.7 Å². The van der Waals surface area contributed by atoms with Crippen molar-refractivity contribution in [2.45, 2.75) is 32.6 Å². The Kier molecular flexibility index (Phi) is 4.98. The number of benzene rings is 1. The highest BCUT2D eigenvalue weighted by atomic mass is 16.4. The molecule has 0 heterocycles. The Hall–Kier alpha value is -2.30. The lowest BCUT2D eigenvalue weighted by Gasteiger charge is -2.11. The first kappa shape index (κ1) is 15.1. The van der Waals surface area contributed by atoms with Gasteiger partial charge in [0, 0.05) is 12.2 Å². The number of hydrogen-bond donors (Lipinski definition) is 3. The van der Waals surface area contributed by atoms with Gasteiger partial charge in [-0.15, -0.1) is 0 Å². The second-order valence-electron chi connectivity index (χ2n) is 5.17. The summed E-state index contributed by atoms with van der Waals surface area (Å²) in [4.78, 5) is 22.9. The lowest BCUT2D eigenvalue weighted by Crippen LogP contribution is -2.30. The van der Waals surface area contributed by atoms with Crippen LogP contribution < -0.4 is 10.6 Å². The van der Waals surface area contributed by atoms with Crippen LogP contribution in [0.1, 0.15) is 41.6 Å². The van der Waals surface area contributed by atoms with Crippen LogP contribution in [0.15, 0.2) is 29.8 Å². The minimum Gasteiger partial charge on any atom is -0.478 e. The molecule has 0 aromatic heterocycles. The minimum atomic E-state index is -0.996. The second-order valence-corrected chi connectivity index (χ2v) is 5.17. The van der Waals surface area contributed by atoms with Gasteiger partial charge in [0.25, 0.3) is 0 Å². The van der Waals surface area contributed by atoms with Crippen LogP contribution in [0, 0.1) is 6.92 Å². The Bertz CT molecular complexity index is 579. The molecule has 0 saturated carbocycles. The summed E-state index contributed by atoms with van der Waals surface area (Å²) in [5.41, 5.74) is 2.68. The van der Waals surface area contributed by atoms with Crippen LogP contribution in [0.5, 0.6) is 0 Å². The number of hydrogen-bond acceptors (Lipinski definition) is 2. The van der Waals surface area contributed by atoms with Gasteiger partial charge in [0.1, 0.15) is 0 Å². The van der Waals surface area contributed by atoms with Gasteiger partial charge >= 0.3 is 12.0 Å². The van der Waals surface area contributed by atoms with Crippen LogP contribution in [0.4, 0.5) is 10.5 Å². The average molecular weight is 288 g/mol. The molecule has 21 heavy (non-hydrogen) atoms. The van der Waals surface area contributed by atoms with Crippen LogP contribution >= 0.6 is 0 Å². The molecule has 0 atom stereocenters. The summed E-state index contributed by atoms with van der Waals surface area (Å²) in [6.07, 6.45) is 6.59. The smallest absolute Gasteiger partial charge is 0.336 e. The maximum Gasteiger partial charge on any atom is 0.336 e. The molecule has 2 amide bonds. The van der Waals surface area contributed by atoms with E-state index < -0.39 is 5.97 Å². The average Bonchev–Trinajstić information content (AvgIpc) is 2.94. The number of anilines is 1. The molecule has 1 aromatic rings. The van der Waals surface area contributed by atoms with Crippen LogP contribution in [-0.2, 0) is 0 Å². The molecule has 0 spiro atoms. The van der Waals surface area contributed by atoms with Gasteiger partial charge in [-0.3, -0.25) is 0 Å². The standard InChI is InChI=1S/C16H20N2O3/c1-11-13(15(19)20)7-4-8-14(11)18-16(21)17-10-9-12-5-2-3-6-12/h4-5,7-8H,2-3,6,9-10H2,1H3,(H,19,20)(H2,17,18,21). The second kappa shape index (κ2) is 6.92. The normalized spacial score (nSPS) is 13.7. The molecule has 1 aliphatic rings. The Morgan fingerprint density at radius 3 is 2.81 bits per heavy atom.